The molecular formula is C26H34FN7O. The summed E-state index contributed by atoms with van der Waals surface area (Å²) >= 11 is 0. The molecular weight excluding hydrogens is 445 g/mol. The van der Waals surface area contributed by atoms with Crippen LogP contribution in [0.1, 0.15) is 43.1 Å². The average Bonchev–Trinajstić information content (AvgIpc) is 3.25. The van der Waals surface area contributed by atoms with Gasteiger partial charge in [0.2, 0.25) is 0 Å². The third-order valence-electron chi connectivity index (χ3n) is 7.45. The quantitative estimate of drug-likeness (QED) is 0.537. The maximum atomic E-state index is 13.9. The second-order valence-electron chi connectivity index (χ2n) is 9.74. The van der Waals surface area contributed by atoms with Crippen molar-refractivity contribution >= 4 is 11.6 Å². The highest BCUT2D eigenvalue weighted by Gasteiger charge is 2.39. The maximum absolute atomic E-state index is 13.9. The standard InChI is InChI=1S/C26H34FN7O/c1-3-20-23(28)29-17-30-24(20)33-11-7-26(35,8-12-33)25-31-22(19-5-6-21(27)18(2)15-19)16-34(25)14-13-32-9-4-10-32/h5-6,15-17,35H,3-4,7-14H2,1-2H3,(H2,28,29,30). The summed E-state index contributed by atoms with van der Waals surface area (Å²) in [5.41, 5.74) is 8.19. The van der Waals surface area contributed by atoms with Gasteiger partial charge in [-0.1, -0.05) is 6.92 Å². The first-order valence-electron chi connectivity index (χ1n) is 12.5. The van der Waals surface area contributed by atoms with Crippen LogP contribution < -0.4 is 10.6 Å². The van der Waals surface area contributed by atoms with Crippen LogP contribution in [0.25, 0.3) is 11.3 Å². The van der Waals surface area contributed by atoms with Crippen LogP contribution in [0.15, 0.2) is 30.7 Å². The van der Waals surface area contributed by atoms with Gasteiger partial charge in [0.15, 0.2) is 0 Å². The Morgan fingerprint density at radius 3 is 2.54 bits per heavy atom. The van der Waals surface area contributed by atoms with Crippen molar-refractivity contribution in [2.24, 2.45) is 0 Å². The number of aryl methyl sites for hydroxylation is 1. The van der Waals surface area contributed by atoms with E-state index in [9.17, 15) is 9.50 Å². The molecule has 2 fully saturated rings. The summed E-state index contributed by atoms with van der Waals surface area (Å²) in [6.45, 7) is 9.02. The number of hydrogen-bond acceptors (Lipinski definition) is 7. The number of likely N-dealkylation sites (tertiary alicyclic amines) is 1. The monoisotopic (exact) mass is 479 g/mol. The zero-order chi connectivity index (χ0) is 24.6. The molecule has 4 heterocycles. The molecule has 0 bridgehead atoms. The fourth-order valence-electron chi connectivity index (χ4n) is 5.10. The lowest BCUT2D eigenvalue weighted by Crippen LogP contribution is -2.45. The van der Waals surface area contributed by atoms with Crippen LogP contribution >= 0.6 is 0 Å². The van der Waals surface area contributed by atoms with Gasteiger partial charge in [-0.25, -0.2) is 19.3 Å². The third kappa shape index (κ3) is 4.62. The summed E-state index contributed by atoms with van der Waals surface area (Å²) < 4.78 is 16.0. The molecule has 0 radical (unpaired) electrons. The Morgan fingerprint density at radius 2 is 1.89 bits per heavy atom. The first-order valence-corrected chi connectivity index (χ1v) is 12.5. The van der Waals surface area contributed by atoms with E-state index in [1.165, 1.54) is 18.8 Å². The topological polar surface area (TPSA) is 96.3 Å². The van der Waals surface area contributed by atoms with Crippen LogP contribution in [0.2, 0.25) is 0 Å². The van der Waals surface area contributed by atoms with Gasteiger partial charge < -0.3 is 25.2 Å². The summed E-state index contributed by atoms with van der Waals surface area (Å²) in [7, 11) is 0. The van der Waals surface area contributed by atoms with Gasteiger partial charge >= 0.3 is 0 Å². The molecule has 8 nitrogen and oxygen atoms in total. The molecule has 2 aromatic heterocycles. The van der Waals surface area contributed by atoms with E-state index in [4.69, 9.17) is 10.7 Å². The van der Waals surface area contributed by atoms with Gasteiger partial charge in [-0.3, -0.25) is 0 Å². The summed E-state index contributed by atoms with van der Waals surface area (Å²) in [5.74, 6) is 1.83. The maximum Gasteiger partial charge on any atom is 0.141 e. The van der Waals surface area contributed by atoms with Crippen molar-refractivity contribution in [2.45, 2.75) is 51.7 Å². The average molecular weight is 480 g/mol. The van der Waals surface area contributed by atoms with Crippen molar-refractivity contribution < 1.29 is 9.50 Å². The number of nitrogens with zero attached hydrogens (tertiary/aromatic N) is 6. The Morgan fingerprint density at radius 1 is 1.11 bits per heavy atom. The molecule has 3 aromatic rings. The van der Waals surface area contributed by atoms with E-state index in [0.29, 0.717) is 43.1 Å². The van der Waals surface area contributed by atoms with Gasteiger partial charge in [-0.2, -0.15) is 0 Å². The number of hydrogen-bond donors (Lipinski definition) is 2. The molecule has 1 aromatic carbocycles. The van der Waals surface area contributed by atoms with Gasteiger partial charge in [0.1, 0.15) is 35.2 Å². The summed E-state index contributed by atoms with van der Waals surface area (Å²) in [5, 5.41) is 11.8. The molecule has 0 aliphatic carbocycles. The Balaban J connectivity index is 1.42. The first-order chi connectivity index (χ1) is 16.9. The SMILES string of the molecule is CCc1c(N)ncnc1N1CCC(O)(c2nc(-c3ccc(F)c(C)c3)cn2CCN2CCC2)CC1. The number of nitrogens with two attached hydrogens (primary N) is 1. The Labute approximate surface area is 205 Å². The molecule has 2 aliphatic rings. The highest BCUT2D eigenvalue weighted by atomic mass is 19.1. The minimum Gasteiger partial charge on any atom is -0.383 e. The summed E-state index contributed by atoms with van der Waals surface area (Å²) in [6, 6.07) is 5.06. The molecule has 5 rings (SSSR count). The molecule has 0 atom stereocenters. The largest absolute Gasteiger partial charge is 0.383 e. The summed E-state index contributed by atoms with van der Waals surface area (Å²) in [6.07, 6.45) is 6.57. The van der Waals surface area contributed by atoms with Gasteiger partial charge in [0, 0.05) is 56.3 Å². The molecule has 3 N–H and O–H groups in total. The van der Waals surface area contributed by atoms with Crippen LogP contribution in [0.3, 0.4) is 0 Å². The first kappa shape index (κ1) is 23.7. The van der Waals surface area contributed by atoms with Crippen LogP contribution in [0.5, 0.6) is 0 Å². The smallest absolute Gasteiger partial charge is 0.141 e. The number of imidazole rings is 1. The number of halogens is 1. The van der Waals surface area contributed by atoms with Crippen molar-refractivity contribution in [3.05, 3.63) is 53.5 Å². The number of benzene rings is 1. The third-order valence-corrected chi connectivity index (χ3v) is 7.45. The lowest BCUT2D eigenvalue weighted by molar-refractivity contribution is -0.000736. The second kappa shape index (κ2) is 9.54. The lowest BCUT2D eigenvalue weighted by Gasteiger charge is -2.39. The molecule has 0 spiro atoms. The molecule has 2 aliphatic heterocycles. The molecule has 35 heavy (non-hydrogen) atoms. The zero-order valence-corrected chi connectivity index (χ0v) is 20.5. The van der Waals surface area contributed by atoms with Crippen LogP contribution in [0.4, 0.5) is 16.0 Å². The van der Waals surface area contributed by atoms with Crippen molar-refractivity contribution in [1.29, 1.82) is 0 Å². The van der Waals surface area contributed by atoms with E-state index in [-0.39, 0.29) is 5.82 Å². The molecule has 0 amide bonds. The van der Waals surface area contributed by atoms with E-state index in [1.807, 2.05) is 19.2 Å². The van der Waals surface area contributed by atoms with E-state index >= 15 is 0 Å². The van der Waals surface area contributed by atoms with Crippen LogP contribution in [-0.2, 0) is 18.6 Å². The molecule has 9 heteroatoms. The van der Waals surface area contributed by atoms with Crippen molar-refractivity contribution in [2.75, 3.05) is 43.4 Å². The predicted octanol–water partition coefficient (Wildman–Crippen LogP) is 3.13. The highest BCUT2D eigenvalue weighted by Crippen LogP contribution is 2.36. The minimum absolute atomic E-state index is 0.228. The number of anilines is 2. The predicted molar refractivity (Wildman–Crippen MR) is 135 cm³/mol. The van der Waals surface area contributed by atoms with Crippen molar-refractivity contribution in [3.8, 4) is 11.3 Å². The number of nitrogen functional groups attached to an aromatic ring is 1. The zero-order valence-electron chi connectivity index (χ0n) is 20.5. The van der Waals surface area contributed by atoms with Gasteiger partial charge in [-0.05, 0) is 56.6 Å². The lowest BCUT2D eigenvalue weighted by atomic mass is 9.90. The number of rotatable bonds is 7. The Hall–Kier alpha value is -3.04. The van der Waals surface area contributed by atoms with Crippen LogP contribution in [0, 0.1) is 12.7 Å². The number of piperidine rings is 1. The minimum atomic E-state index is -1.05. The Bertz CT molecular complexity index is 1200. The number of aromatic nitrogens is 4. The molecule has 0 unspecified atom stereocenters. The normalized spacial score (nSPS) is 18.0. The number of aliphatic hydroxyl groups is 1. The Kier molecular flexibility index (Phi) is 6.46. The molecule has 2 saturated heterocycles. The van der Waals surface area contributed by atoms with Crippen molar-refractivity contribution in [3.63, 3.8) is 0 Å². The fraction of sp³-hybridized carbons (Fsp3) is 0.500. The van der Waals surface area contributed by atoms with E-state index in [0.717, 1.165) is 55.2 Å². The van der Waals surface area contributed by atoms with Crippen molar-refractivity contribution in [1.82, 2.24) is 24.4 Å². The molecule has 186 valence electrons. The van der Waals surface area contributed by atoms with Gasteiger partial charge in [0.05, 0.1) is 5.69 Å². The summed E-state index contributed by atoms with van der Waals surface area (Å²) in [4.78, 5) is 18.1. The fourth-order valence-corrected chi connectivity index (χ4v) is 5.10. The van der Waals surface area contributed by atoms with E-state index in [2.05, 4.69) is 24.3 Å². The van der Waals surface area contributed by atoms with E-state index < -0.39 is 5.60 Å². The highest BCUT2D eigenvalue weighted by molar-refractivity contribution is 5.60. The molecule has 0 saturated carbocycles. The van der Waals surface area contributed by atoms with Gasteiger partial charge in [0.25, 0.3) is 0 Å². The van der Waals surface area contributed by atoms with Crippen LogP contribution in [-0.4, -0.2) is 62.2 Å². The van der Waals surface area contributed by atoms with Gasteiger partial charge in [-0.15, -0.1) is 0 Å². The second-order valence-corrected chi connectivity index (χ2v) is 9.74. The van der Waals surface area contributed by atoms with E-state index in [1.54, 1.807) is 13.0 Å².